The number of carboxylic acid groups (broad SMARTS) is 1. The van der Waals surface area contributed by atoms with E-state index in [9.17, 15) is 20.0 Å². The lowest BCUT2D eigenvalue weighted by Gasteiger charge is -2.03. The monoisotopic (exact) mass is 263 g/mol. The summed E-state index contributed by atoms with van der Waals surface area (Å²) in [5.74, 6) is -1.96. The number of nitro groups is 1. The van der Waals surface area contributed by atoms with E-state index in [-0.39, 0.29) is 11.4 Å². The van der Waals surface area contributed by atoms with Gasteiger partial charge in [0.25, 0.3) is 5.69 Å². The summed E-state index contributed by atoms with van der Waals surface area (Å²) >= 11 is 0. The second-order valence-corrected chi connectivity index (χ2v) is 3.86. The van der Waals surface area contributed by atoms with Crippen LogP contribution in [-0.2, 0) is 0 Å². The van der Waals surface area contributed by atoms with E-state index in [1.54, 1.807) is 13.0 Å². The summed E-state index contributed by atoms with van der Waals surface area (Å²) in [4.78, 5) is 21.1. The predicted octanol–water partition coefficient (Wildman–Crippen LogP) is 1.49. The average Bonchev–Trinajstić information content (AvgIpc) is 2.70. The first-order valence-corrected chi connectivity index (χ1v) is 5.17. The Bertz CT molecular complexity index is 677. The Morgan fingerprint density at radius 3 is 2.68 bits per heavy atom. The molecule has 0 saturated carbocycles. The third-order valence-corrected chi connectivity index (χ3v) is 2.47. The standard InChI is InChI=1S/C11H9N3O5/c1-6-2-3-7(14(18)19)8(4-6)13-5-9(15)10(12-13)11(16)17/h2-5,15H,1H3,(H,16,17). The topological polar surface area (TPSA) is 118 Å². The predicted molar refractivity (Wildman–Crippen MR) is 63.6 cm³/mol. The van der Waals surface area contributed by atoms with Crippen molar-refractivity contribution in [1.29, 1.82) is 0 Å². The van der Waals surface area contributed by atoms with E-state index in [0.717, 1.165) is 16.4 Å². The largest absolute Gasteiger partial charge is 0.504 e. The van der Waals surface area contributed by atoms with Crippen molar-refractivity contribution in [3.8, 4) is 11.4 Å². The molecule has 1 heterocycles. The number of aromatic hydroxyl groups is 1. The van der Waals surface area contributed by atoms with Gasteiger partial charge in [-0.05, 0) is 18.6 Å². The zero-order valence-electron chi connectivity index (χ0n) is 9.77. The van der Waals surface area contributed by atoms with E-state index in [1.165, 1.54) is 12.1 Å². The number of hydrogen-bond donors (Lipinski definition) is 2. The molecule has 0 bridgehead atoms. The van der Waals surface area contributed by atoms with Gasteiger partial charge in [-0.2, -0.15) is 5.10 Å². The molecule has 2 aromatic rings. The molecule has 0 unspecified atom stereocenters. The molecule has 1 aromatic carbocycles. The van der Waals surface area contributed by atoms with Gasteiger partial charge in [0.05, 0.1) is 11.1 Å². The maximum atomic E-state index is 10.9. The van der Waals surface area contributed by atoms with Gasteiger partial charge in [0.15, 0.2) is 5.75 Å². The van der Waals surface area contributed by atoms with E-state index in [1.807, 2.05) is 0 Å². The number of nitrogens with zero attached hydrogens (tertiary/aromatic N) is 3. The Morgan fingerprint density at radius 2 is 2.16 bits per heavy atom. The average molecular weight is 263 g/mol. The summed E-state index contributed by atoms with van der Waals surface area (Å²) in [6.07, 6.45) is 1.02. The van der Waals surface area contributed by atoms with Gasteiger partial charge in [-0.15, -0.1) is 0 Å². The van der Waals surface area contributed by atoms with E-state index < -0.39 is 22.3 Å². The van der Waals surface area contributed by atoms with Crippen LogP contribution in [0.25, 0.3) is 5.69 Å². The quantitative estimate of drug-likeness (QED) is 0.639. The first-order chi connectivity index (χ1) is 8.90. The fourth-order valence-corrected chi connectivity index (χ4v) is 1.61. The van der Waals surface area contributed by atoms with Gasteiger partial charge in [-0.3, -0.25) is 10.1 Å². The van der Waals surface area contributed by atoms with Crippen molar-refractivity contribution in [2.24, 2.45) is 0 Å². The third-order valence-electron chi connectivity index (χ3n) is 2.47. The minimum absolute atomic E-state index is 0.0906. The lowest BCUT2D eigenvalue weighted by Crippen LogP contribution is -2.04. The van der Waals surface area contributed by atoms with Gasteiger partial charge in [0.2, 0.25) is 5.69 Å². The van der Waals surface area contributed by atoms with Crippen LogP contribution < -0.4 is 0 Å². The number of hydrogen-bond acceptors (Lipinski definition) is 5. The van der Waals surface area contributed by atoms with Gasteiger partial charge >= 0.3 is 5.97 Å². The molecule has 2 N–H and O–H groups in total. The highest BCUT2D eigenvalue weighted by Gasteiger charge is 2.20. The van der Waals surface area contributed by atoms with Crippen LogP contribution in [0, 0.1) is 17.0 Å². The van der Waals surface area contributed by atoms with Crippen molar-refractivity contribution in [2.75, 3.05) is 0 Å². The van der Waals surface area contributed by atoms with Crippen LogP contribution in [-0.4, -0.2) is 30.9 Å². The molecule has 8 heteroatoms. The van der Waals surface area contributed by atoms with Crippen LogP contribution in [0.15, 0.2) is 24.4 Å². The summed E-state index contributed by atoms with van der Waals surface area (Å²) in [6, 6.07) is 4.34. The lowest BCUT2D eigenvalue weighted by atomic mass is 10.2. The van der Waals surface area contributed by atoms with Crippen LogP contribution in [0.4, 0.5) is 5.69 Å². The van der Waals surface area contributed by atoms with Crippen LogP contribution in [0.1, 0.15) is 16.1 Å². The van der Waals surface area contributed by atoms with Crippen molar-refractivity contribution in [1.82, 2.24) is 9.78 Å². The van der Waals surface area contributed by atoms with Gasteiger partial charge in [-0.25, -0.2) is 9.48 Å². The number of carboxylic acids is 1. The molecule has 1 aromatic heterocycles. The molecule has 98 valence electrons. The Balaban J connectivity index is 2.64. The molecule has 0 spiro atoms. The summed E-state index contributed by atoms with van der Waals surface area (Å²) in [5, 5.41) is 32.8. The number of nitro benzene ring substituents is 1. The molecule has 0 aliphatic heterocycles. The smallest absolute Gasteiger partial charge is 0.360 e. The van der Waals surface area contributed by atoms with Crippen LogP contribution in [0.5, 0.6) is 5.75 Å². The molecule has 0 aliphatic carbocycles. The zero-order valence-corrected chi connectivity index (χ0v) is 9.77. The number of aryl methyl sites for hydroxylation is 1. The summed E-state index contributed by atoms with van der Waals surface area (Å²) in [5.41, 5.74) is 0.0427. The van der Waals surface area contributed by atoms with Gasteiger partial charge < -0.3 is 10.2 Å². The molecule has 0 radical (unpaired) electrons. The highest BCUT2D eigenvalue weighted by Crippen LogP contribution is 2.26. The van der Waals surface area contributed by atoms with Gasteiger partial charge in [-0.1, -0.05) is 6.07 Å². The lowest BCUT2D eigenvalue weighted by molar-refractivity contribution is -0.384. The summed E-state index contributed by atoms with van der Waals surface area (Å²) < 4.78 is 0.976. The molecule has 0 aliphatic rings. The second kappa shape index (κ2) is 4.41. The van der Waals surface area contributed by atoms with Crippen molar-refractivity contribution in [3.05, 3.63) is 45.8 Å². The third kappa shape index (κ3) is 2.23. The summed E-state index contributed by atoms with van der Waals surface area (Å²) in [7, 11) is 0. The molecule has 19 heavy (non-hydrogen) atoms. The molecule has 0 saturated heterocycles. The maximum absolute atomic E-state index is 10.9. The molecular formula is C11H9N3O5. The number of carbonyl (C=O) groups is 1. The Morgan fingerprint density at radius 1 is 1.47 bits per heavy atom. The molecular weight excluding hydrogens is 254 g/mol. The number of aromatic nitrogens is 2. The van der Waals surface area contributed by atoms with E-state index >= 15 is 0 Å². The van der Waals surface area contributed by atoms with Crippen molar-refractivity contribution < 1.29 is 19.9 Å². The number of benzene rings is 1. The van der Waals surface area contributed by atoms with E-state index in [4.69, 9.17) is 5.11 Å². The summed E-state index contributed by atoms with van der Waals surface area (Å²) in [6.45, 7) is 1.73. The molecule has 2 rings (SSSR count). The number of aromatic carboxylic acids is 1. The zero-order chi connectivity index (χ0) is 14.2. The molecule has 0 atom stereocenters. The number of rotatable bonds is 3. The van der Waals surface area contributed by atoms with E-state index in [0.29, 0.717) is 0 Å². The minimum Gasteiger partial charge on any atom is -0.504 e. The highest BCUT2D eigenvalue weighted by atomic mass is 16.6. The van der Waals surface area contributed by atoms with E-state index in [2.05, 4.69) is 5.10 Å². The Hall–Kier alpha value is -2.90. The molecule has 8 nitrogen and oxygen atoms in total. The minimum atomic E-state index is -1.41. The van der Waals surface area contributed by atoms with Gasteiger partial charge in [0, 0.05) is 6.07 Å². The first-order valence-electron chi connectivity index (χ1n) is 5.17. The maximum Gasteiger partial charge on any atom is 0.360 e. The highest BCUT2D eigenvalue weighted by molar-refractivity contribution is 5.88. The van der Waals surface area contributed by atoms with Crippen molar-refractivity contribution >= 4 is 11.7 Å². The fraction of sp³-hybridized carbons (Fsp3) is 0.0909. The van der Waals surface area contributed by atoms with Crippen molar-refractivity contribution in [3.63, 3.8) is 0 Å². The SMILES string of the molecule is Cc1ccc([N+](=O)[O-])c(-n2cc(O)c(C(=O)O)n2)c1. The van der Waals surface area contributed by atoms with Crippen molar-refractivity contribution in [2.45, 2.75) is 6.92 Å². The fourth-order valence-electron chi connectivity index (χ4n) is 1.61. The second-order valence-electron chi connectivity index (χ2n) is 3.86. The van der Waals surface area contributed by atoms with Crippen LogP contribution in [0.2, 0.25) is 0 Å². The molecule has 0 fully saturated rings. The van der Waals surface area contributed by atoms with Crippen LogP contribution in [0.3, 0.4) is 0 Å². The Kier molecular flexibility index (Phi) is 2.91. The normalized spacial score (nSPS) is 10.4. The molecule has 0 amide bonds. The Labute approximate surface area is 106 Å². The first kappa shape index (κ1) is 12.6. The van der Waals surface area contributed by atoms with Gasteiger partial charge in [0.1, 0.15) is 5.69 Å². The van der Waals surface area contributed by atoms with Crippen LogP contribution >= 0.6 is 0 Å².